The predicted molar refractivity (Wildman–Crippen MR) is 68.8 cm³/mol. The fourth-order valence-corrected chi connectivity index (χ4v) is 2.06. The normalized spacial score (nSPS) is 18.7. The lowest BCUT2D eigenvalue weighted by Crippen LogP contribution is -2.45. The molecule has 1 amide bonds. The molecule has 0 bridgehead atoms. The molecular weight excluding hydrogens is 246 g/mol. The Morgan fingerprint density at radius 3 is 2.89 bits per heavy atom. The highest BCUT2D eigenvalue weighted by Crippen LogP contribution is 2.26. The van der Waals surface area contributed by atoms with Gasteiger partial charge in [0.2, 0.25) is 5.91 Å². The smallest absolute Gasteiger partial charge is 0.328 e. The van der Waals surface area contributed by atoms with E-state index in [-0.39, 0.29) is 11.8 Å². The molecule has 1 unspecified atom stereocenters. The number of fused-ring (bicyclic) bond motifs is 1. The van der Waals surface area contributed by atoms with Gasteiger partial charge in [-0.1, -0.05) is 18.2 Å². The largest absolute Gasteiger partial charge is 0.492 e. The van der Waals surface area contributed by atoms with Crippen molar-refractivity contribution in [2.75, 3.05) is 13.7 Å². The second kappa shape index (κ2) is 5.73. The Labute approximate surface area is 111 Å². The van der Waals surface area contributed by atoms with Crippen LogP contribution in [0.5, 0.6) is 5.75 Å². The maximum Gasteiger partial charge on any atom is 0.328 e. The molecule has 2 atom stereocenters. The lowest BCUT2D eigenvalue weighted by atomic mass is 9.96. The minimum absolute atomic E-state index is 0.188. The topological polar surface area (TPSA) is 64.6 Å². The Balaban J connectivity index is 1.97. The van der Waals surface area contributed by atoms with Crippen molar-refractivity contribution in [3.63, 3.8) is 0 Å². The van der Waals surface area contributed by atoms with Crippen LogP contribution in [0.25, 0.3) is 0 Å². The fourth-order valence-electron chi connectivity index (χ4n) is 2.06. The average molecular weight is 263 g/mol. The van der Waals surface area contributed by atoms with Gasteiger partial charge in [0.25, 0.3) is 0 Å². The molecule has 0 saturated carbocycles. The second-order valence-electron chi connectivity index (χ2n) is 4.57. The van der Waals surface area contributed by atoms with Crippen LogP contribution in [0.3, 0.4) is 0 Å². The third kappa shape index (κ3) is 3.05. The van der Waals surface area contributed by atoms with Gasteiger partial charge in [0.05, 0.1) is 13.0 Å². The van der Waals surface area contributed by atoms with Gasteiger partial charge in [-0.05, 0) is 25.0 Å². The maximum atomic E-state index is 12.0. The van der Waals surface area contributed by atoms with E-state index in [0.29, 0.717) is 13.0 Å². The number of benzene rings is 1. The van der Waals surface area contributed by atoms with Crippen LogP contribution in [-0.2, 0) is 20.7 Å². The summed E-state index contributed by atoms with van der Waals surface area (Å²) in [6, 6.07) is 7.01. The Kier molecular flexibility index (Phi) is 4.04. The van der Waals surface area contributed by atoms with Crippen LogP contribution in [0.2, 0.25) is 0 Å². The van der Waals surface area contributed by atoms with Gasteiger partial charge in [-0.15, -0.1) is 0 Å². The molecule has 1 heterocycles. The van der Waals surface area contributed by atoms with E-state index in [0.717, 1.165) is 11.3 Å². The van der Waals surface area contributed by atoms with Gasteiger partial charge >= 0.3 is 5.97 Å². The molecule has 1 aromatic carbocycles. The van der Waals surface area contributed by atoms with Gasteiger partial charge in [0.15, 0.2) is 0 Å². The van der Waals surface area contributed by atoms with Gasteiger partial charge in [-0.2, -0.15) is 0 Å². The number of para-hydroxylation sites is 1. The number of methoxy groups -OCH3 is 1. The first-order chi connectivity index (χ1) is 9.11. The molecule has 0 aromatic heterocycles. The summed E-state index contributed by atoms with van der Waals surface area (Å²) < 4.78 is 10.1. The van der Waals surface area contributed by atoms with Crippen molar-refractivity contribution in [1.29, 1.82) is 0 Å². The number of hydrogen-bond donors (Lipinski definition) is 1. The quantitative estimate of drug-likeness (QED) is 0.823. The van der Waals surface area contributed by atoms with E-state index in [1.807, 2.05) is 24.3 Å². The SMILES string of the molecule is COC(=O)[C@H](C)NC(=O)C1COc2ccccc2C1. The van der Waals surface area contributed by atoms with E-state index < -0.39 is 12.0 Å². The van der Waals surface area contributed by atoms with Crippen molar-refractivity contribution in [1.82, 2.24) is 5.32 Å². The molecule has 5 nitrogen and oxygen atoms in total. The highest BCUT2D eigenvalue weighted by molar-refractivity contribution is 5.85. The molecule has 0 saturated heterocycles. The first kappa shape index (κ1) is 13.4. The molecule has 1 N–H and O–H groups in total. The lowest BCUT2D eigenvalue weighted by Gasteiger charge is -2.25. The van der Waals surface area contributed by atoms with E-state index in [1.54, 1.807) is 6.92 Å². The first-order valence-corrected chi connectivity index (χ1v) is 6.20. The predicted octanol–water partition coefficient (Wildman–Crippen LogP) is 0.915. The third-order valence-corrected chi connectivity index (χ3v) is 3.16. The molecular formula is C14H17NO4. The number of rotatable bonds is 3. The number of carbonyl (C=O) groups is 2. The Morgan fingerprint density at radius 2 is 2.16 bits per heavy atom. The van der Waals surface area contributed by atoms with E-state index in [1.165, 1.54) is 7.11 Å². The minimum Gasteiger partial charge on any atom is -0.492 e. The maximum absolute atomic E-state index is 12.0. The Morgan fingerprint density at radius 1 is 1.42 bits per heavy atom. The Bertz CT molecular complexity index is 486. The molecule has 1 aliphatic rings. The highest BCUT2D eigenvalue weighted by atomic mass is 16.5. The molecule has 102 valence electrons. The van der Waals surface area contributed by atoms with Crippen molar-refractivity contribution in [2.45, 2.75) is 19.4 Å². The molecule has 1 aromatic rings. The number of nitrogens with one attached hydrogen (secondary N) is 1. The number of carbonyl (C=O) groups excluding carboxylic acids is 2. The molecule has 1 aliphatic heterocycles. The van der Waals surface area contributed by atoms with E-state index >= 15 is 0 Å². The van der Waals surface area contributed by atoms with Crippen molar-refractivity contribution in [3.8, 4) is 5.75 Å². The van der Waals surface area contributed by atoms with Gasteiger partial charge < -0.3 is 14.8 Å². The fraction of sp³-hybridized carbons (Fsp3) is 0.429. The zero-order valence-corrected chi connectivity index (χ0v) is 11.0. The van der Waals surface area contributed by atoms with Crippen LogP contribution < -0.4 is 10.1 Å². The zero-order valence-electron chi connectivity index (χ0n) is 11.0. The molecule has 0 aliphatic carbocycles. The molecule has 19 heavy (non-hydrogen) atoms. The van der Waals surface area contributed by atoms with Gasteiger partial charge in [0.1, 0.15) is 18.4 Å². The Hall–Kier alpha value is -2.04. The van der Waals surface area contributed by atoms with Crippen molar-refractivity contribution in [3.05, 3.63) is 29.8 Å². The van der Waals surface area contributed by atoms with Crippen LogP contribution >= 0.6 is 0 Å². The van der Waals surface area contributed by atoms with Crippen LogP contribution in [0.1, 0.15) is 12.5 Å². The number of ether oxygens (including phenoxy) is 2. The van der Waals surface area contributed by atoms with Crippen LogP contribution in [0.15, 0.2) is 24.3 Å². The minimum atomic E-state index is -0.644. The van der Waals surface area contributed by atoms with E-state index in [2.05, 4.69) is 10.1 Å². The van der Waals surface area contributed by atoms with Crippen LogP contribution in [-0.4, -0.2) is 31.6 Å². The summed E-state index contributed by atoms with van der Waals surface area (Å²) >= 11 is 0. The number of amides is 1. The summed E-state index contributed by atoms with van der Waals surface area (Å²) in [6.45, 7) is 1.93. The van der Waals surface area contributed by atoms with Crippen LogP contribution in [0, 0.1) is 5.92 Å². The summed E-state index contributed by atoms with van der Waals surface area (Å²) in [7, 11) is 1.30. The van der Waals surface area contributed by atoms with E-state index in [9.17, 15) is 9.59 Å². The summed E-state index contributed by atoms with van der Waals surface area (Å²) in [5.41, 5.74) is 1.01. The van der Waals surface area contributed by atoms with Gasteiger partial charge in [-0.25, -0.2) is 4.79 Å². The second-order valence-corrected chi connectivity index (χ2v) is 4.57. The van der Waals surface area contributed by atoms with Crippen molar-refractivity contribution >= 4 is 11.9 Å². The summed E-state index contributed by atoms with van der Waals surface area (Å²) in [5, 5.41) is 2.64. The number of esters is 1. The number of hydrogen-bond acceptors (Lipinski definition) is 4. The zero-order chi connectivity index (χ0) is 13.8. The average Bonchev–Trinajstić information content (AvgIpc) is 2.45. The first-order valence-electron chi connectivity index (χ1n) is 6.20. The molecule has 0 radical (unpaired) electrons. The molecule has 2 rings (SSSR count). The summed E-state index contributed by atoms with van der Waals surface area (Å²) in [6.07, 6.45) is 0.621. The highest BCUT2D eigenvalue weighted by Gasteiger charge is 2.27. The van der Waals surface area contributed by atoms with E-state index in [4.69, 9.17) is 4.74 Å². The van der Waals surface area contributed by atoms with Crippen molar-refractivity contribution < 1.29 is 19.1 Å². The summed E-state index contributed by atoms with van der Waals surface area (Å²) in [5.74, 6) is -0.0903. The molecule has 0 spiro atoms. The monoisotopic (exact) mass is 263 g/mol. The van der Waals surface area contributed by atoms with Gasteiger partial charge in [0, 0.05) is 0 Å². The lowest BCUT2D eigenvalue weighted by molar-refractivity contribution is -0.145. The van der Waals surface area contributed by atoms with Crippen LogP contribution in [0.4, 0.5) is 0 Å². The summed E-state index contributed by atoms with van der Waals surface area (Å²) in [4.78, 5) is 23.3. The third-order valence-electron chi connectivity index (χ3n) is 3.16. The van der Waals surface area contributed by atoms with Gasteiger partial charge in [-0.3, -0.25) is 4.79 Å². The molecule has 0 fully saturated rings. The van der Waals surface area contributed by atoms with Crippen molar-refractivity contribution in [2.24, 2.45) is 5.92 Å². The standard InChI is InChI=1S/C14H17NO4/c1-9(14(17)18-2)15-13(16)11-7-10-5-3-4-6-12(10)19-8-11/h3-6,9,11H,7-8H2,1-2H3,(H,15,16)/t9-,11?/m0/s1. The molecule has 5 heteroatoms.